The van der Waals surface area contributed by atoms with E-state index >= 15 is 0 Å². The lowest BCUT2D eigenvalue weighted by Gasteiger charge is -2.19. The highest BCUT2D eigenvalue weighted by atomic mass is 15.0. The van der Waals surface area contributed by atoms with Crippen LogP contribution in [0.4, 0.5) is 0 Å². The van der Waals surface area contributed by atoms with Gasteiger partial charge in [-0.2, -0.15) is 0 Å². The van der Waals surface area contributed by atoms with Crippen LogP contribution in [0.2, 0.25) is 0 Å². The molecule has 2 aromatic heterocycles. The molecule has 0 N–H and O–H groups in total. The van der Waals surface area contributed by atoms with Gasteiger partial charge in [0.2, 0.25) is 0 Å². The Labute approximate surface area is 410 Å². The zero-order valence-corrected chi connectivity index (χ0v) is 37.5. The fraction of sp³-hybridized carbons (Fsp3) is 0. The van der Waals surface area contributed by atoms with Crippen molar-refractivity contribution in [1.29, 1.82) is 0 Å². The summed E-state index contributed by atoms with van der Waals surface area (Å²) in [5.41, 5.74) is 17.1. The molecule has 0 amide bonds. The lowest BCUT2D eigenvalue weighted by Crippen LogP contribution is -2.48. The molecule has 304 valence electrons. The van der Waals surface area contributed by atoms with E-state index in [1.165, 1.54) is 0 Å². The first kappa shape index (κ1) is 42.6. The topological polar surface area (TPSA) is 9.86 Å². The summed E-state index contributed by atoms with van der Waals surface area (Å²) < 4.78 is 4.25. The second-order valence-electron chi connectivity index (χ2n) is 17.6. The van der Waals surface area contributed by atoms with Gasteiger partial charge >= 0.3 is 0 Å². The predicted molar refractivity (Wildman–Crippen MR) is 300 cm³/mol. The SMILES string of the molecule is [B]c1c([B])c([B])c2c(c1[B])c1c([B])c(-c3ccc4c(c3)c3c(-c5ccc(-c6ccccc6)cc5)cccc3n4-c3ccccc3)c([B])c([B])c1n2-c1ccc(-c2ccc(-c3ccccc3)cc2)cc1. The third kappa shape index (κ3) is 6.81. The van der Waals surface area contributed by atoms with E-state index in [4.69, 9.17) is 54.9 Å². The molecule has 0 spiro atoms. The summed E-state index contributed by atoms with van der Waals surface area (Å²) in [4.78, 5) is 0. The highest BCUT2D eigenvalue weighted by Gasteiger charge is 2.25. The first-order valence-corrected chi connectivity index (χ1v) is 22.8. The third-order valence-electron chi connectivity index (χ3n) is 13.8. The van der Waals surface area contributed by atoms with Crippen LogP contribution in [0.3, 0.4) is 0 Å². The average molecular weight is 858 g/mol. The minimum absolute atomic E-state index is 0.171. The highest BCUT2D eigenvalue weighted by Crippen LogP contribution is 2.41. The smallest absolute Gasteiger partial charge is 0.115 e. The fourth-order valence-corrected chi connectivity index (χ4v) is 10.3. The Balaban J connectivity index is 1.06. The van der Waals surface area contributed by atoms with E-state index in [0.29, 0.717) is 43.8 Å². The largest absolute Gasteiger partial charge is 0.311 e. The molecule has 2 nitrogen and oxygen atoms in total. The van der Waals surface area contributed by atoms with Gasteiger partial charge in [-0.05, 0) is 103 Å². The lowest BCUT2D eigenvalue weighted by atomic mass is 9.64. The Bertz CT molecular complexity index is 3980. The molecule has 0 bridgehead atoms. The molecule has 12 rings (SSSR count). The number of para-hydroxylation sites is 1. The molecule has 0 aliphatic rings. The summed E-state index contributed by atoms with van der Waals surface area (Å²) in [5.74, 6) is 0. The molecular formula is C60H33B7N2. The zero-order valence-electron chi connectivity index (χ0n) is 37.5. The van der Waals surface area contributed by atoms with Crippen LogP contribution in [0.1, 0.15) is 0 Å². The zero-order chi connectivity index (χ0) is 47.1. The summed E-state index contributed by atoms with van der Waals surface area (Å²) in [6.45, 7) is 0. The Morgan fingerprint density at radius 2 is 0.696 bits per heavy atom. The van der Waals surface area contributed by atoms with Crippen LogP contribution in [0.5, 0.6) is 0 Å². The molecule has 14 radical (unpaired) electrons. The van der Waals surface area contributed by atoms with Gasteiger partial charge in [0.05, 0.1) is 11.0 Å². The quantitative estimate of drug-likeness (QED) is 0.145. The average Bonchev–Trinajstić information content (AvgIpc) is 3.94. The maximum absolute atomic E-state index is 7.45. The van der Waals surface area contributed by atoms with Gasteiger partial charge in [0.1, 0.15) is 54.9 Å². The summed E-state index contributed by atoms with van der Waals surface area (Å²) in [7, 11) is 49.1. The number of rotatable bonds is 7. The van der Waals surface area contributed by atoms with Crippen molar-refractivity contribution in [3.8, 4) is 67.0 Å². The number of aromatic nitrogens is 2. The molecule has 2 heterocycles. The Morgan fingerprint density at radius 1 is 0.261 bits per heavy atom. The Morgan fingerprint density at radius 3 is 1.26 bits per heavy atom. The monoisotopic (exact) mass is 858 g/mol. The van der Waals surface area contributed by atoms with Crippen LogP contribution in [-0.2, 0) is 0 Å². The van der Waals surface area contributed by atoms with E-state index in [0.717, 1.165) is 83.3 Å². The fourth-order valence-electron chi connectivity index (χ4n) is 10.3. The van der Waals surface area contributed by atoms with E-state index in [1.807, 2.05) is 47.0 Å². The molecule has 12 aromatic rings. The van der Waals surface area contributed by atoms with Crippen molar-refractivity contribution in [1.82, 2.24) is 9.13 Å². The minimum atomic E-state index is 0.171. The van der Waals surface area contributed by atoms with Crippen LogP contribution >= 0.6 is 0 Å². The minimum Gasteiger partial charge on any atom is -0.311 e. The normalized spacial score (nSPS) is 11.6. The van der Waals surface area contributed by atoms with Gasteiger partial charge in [-0.25, -0.2) is 0 Å². The van der Waals surface area contributed by atoms with E-state index < -0.39 is 0 Å². The van der Waals surface area contributed by atoms with Gasteiger partial charge < -0.3 is 9.13 Å². The maximum atomic E-state index is 7.45. The Kier molecular flexibility index (Phi) is 10.4. The molecule has 9 heteroatoms. The molecular weight excluding hydrogens is 824 g/mol. The molecule has 0 atom stereocenters. The van der Waals surface area contributed by atoms with Crippen LogP contribution in [-0.4, -0.2) is 64.1 Å². The number of benzene rings is 10. The second kappa shape index (κ2) is 16.8. The van der Waals surface area contributed by atoms with Gasteiger partial charge in [0.25, 0.3) is 0 Å². The van der Waals surface area contributed by atoms with E-state index in [9.17, 15) is 0 Å². The molecule has 0 aliphatic carbocycles. The molecule has 0 unspecified atom stereocenters. The standard InChI is InChI=1S/C60H33B7N2/c61-52-48(41-29-32-46-45(33-41)49-44(17-10-18-47(49)68(46)42-15-8-3-9-16-42)40-25-23-37(24-26-40)35-13-6-2-7-14-35)53(62)57(66)59-50(52)51-54(63)55(64)56(65)58(67)60(51)69(59)43-30-27-39(28-31-43)38-21-19-36(20-22-38)34-11-4-1-5-12-34/h1-33H. The number of fused-ring (bicyclic) bond motifs is 6. The molecule has 69 heavy (non-hydrogen) atoms. The van der Waals surface area contributed by atoms with Crippen molar-refractivity contribution in [2.75, 3.05) is 0 Å². The van der Waals surface area contributed by atoms with Crippen LogP contribution in [0, 0.1) is 0 Å². The molecule has 0 aliphatic heterocycles. The summed E-state index contributed by atoms with van der Waals surface area (Å²) >= 11 is 0. The molecule has 0 fully saturated rings. The van der Waals surface area contributed by atoms with Crippen LogP contribution in [0.15, 0.2) is 200 Å². The number of nitrogens with zero attached hydrogens (tertiary/aromatic N) is 2. The molecule has 10 aromatic carbocycles. The first-order chi connectivity index (χ1) is 33.7. The van der Waals surface area contributed by atoms with Gasteiger partial charge in [-0.15, -0.1) is 10.9 Å². The van der Waals surface area contributed by atoms with E-state index in [-0.39, 0.29) is 21.9 Å². The number of hydrogen-bond acceptors (Lipinski definition) is 0. The predicted octanol–water partition coefficient (Wildman–Crippen LogP) is 7.77. The van der Waals surface area contributed by atoms with Gasteiger partial charge in [0, 0.05) is 38.6 Å². The van der Waals surface area contributed by atoms with Gasteiger partial charge in [-0.3, -0.25) is 0 Å². The van der Waals surface area contributed by atoms with Gasteiger partial charge in [-0.1, -0.05) is 185 Å². The van der Waals surface area contributed by atoms with Crippen molar-refractivity contribution < 1.29 is 0 Å². The summed E-state index contributed by atoms with van der Waals surface area (Å²) in [6.07, 6.45) is 0. The molecule has 0 saturated carbocycles. The van der Waals surface area contributed by atoms with Gasteiger partial charge in [0.15, 0.2) is 0 Å². The van der Waals surface area contributed by atoms with Crippen molar-refractivity contribution in [2.45, 2.75) is 0 Å². The van der Waals surface area contributed by atoms with Crippen LogP contribution in [0.25, 0.3) is 111 Å². The maximum Gasteiger partial charge on any atom is 0.115 e. The second-order valence-corrected chi connectivity index (χ2v) is 17.6. The summed E-state index contributed by atoms with van der Waals surface area (Å²) in [6, 6.07) is 69.4. The highest BCUT2D eigenvalue weighted by molar-refractivity contribution is 6.69. The van der Waals surface area contributed by atoms with Crippen molar-refractivity contribution in [3.05, 3.63) is 200 Å². The lowest BCUT2D eigenvalue weighted by molar-refractivity contribution is 1.18. The Hall–Kier alpha value is -7.75. The van der Waals surface area contributed by atoms with E-state index in [1.54, 1.807) is 0 Å². The first-order valence-electron chi connectivity index (χ1n) is 22.8. The molecule has 0 saturated heterocycles. The van der Waals surface area contributed by atoms with Crippen LogP contribution < -0.4 is 38.2 Å². The summed E-state index contributed by atoms with van der Waals surface area (Å²) in [5, 5.41) is 3.23. The third-order valence-corrected chi connectivity index (χ3v) is 13.8. The van der Waals surface area contributed by atoms with Crippen molar-refractivity contribution in [3.63, 3.8) is 0 Å². The number of hydrogen-bond donors (Lipinski definition) is 0. The van der Waals surface area contributed by atoms with Crippen molar-refractivity contribution in [2.24, 2.45) is 0 Å². The van der Waals surface area contributed by atoms with Crippen molar-refractivity contribution >= 4 is 137 Å². The van der Waals surface area contributed by atoms with E-state index in [2.05, 4.69) is 162 Å².